The predicted octanol–water partition coefficient (Wildman–Crippen LogP) is 2.22. The number of nitrogens with zero attached hydrogens (tertiary/aromatic N) is 4. The van der Waals surface area contributed by atoms with Crippen molar-refractivity contribution in [1.82, 2.24) is 20.0 Å². The highest BCUT2D eigenvalue weighted by atomic mass is 19.1. The standard InChI is InChI=1S/C16H13FN4O2/c17-13-6-4-12(5-7-13)11-23-16(22)15-10-21(20-19-15)9-14-3-1-2-8-18-14/h1-8,10H,9,11H2. The van der Waals surface area contributed by atoms with Crippen LogP contribution >= 0.6 is 0 Å². The van der Waals surface area contributed by atoms with Gasteiger partial charge >= 0.3 is 5.97 Å². The highest BCUT2D eigenvalue weighted by Gasteiger charge is 2.13. The third-order valence-electron chi connectivity index (χ3n) is 3.08. The number of ether oxygens (including phenoxy) is 1. The Morgan fingerprint density at radius 2 is 2.00 bits per heavy atom. The average molecular weight is 312 g/mol. The summed E-state index contributed by atoms with van der Waals surface area (Å²) >= 11 is 0. The van der Waals surface area contributed by atoms with Crippen LogP contribution in [-0.2, 0) is 17.9 Å². The summed E-state index contributed by atoms with van der Waals surface area (Å²) in [5.74, 6) is -0.917. The van der Waals surface area contributed by atoms with E-state index in [1.165, 1.54) is 23.0 Å². The van der Waals surface area contributed by atoms with Gasteiger partial charge < -0.3 is 4.74 Å². The lowest BCUT2D eigenvalue weighted by Gasteiger charge is -2.02. The second-order valence-electron chi connectivity index (χ2n) is 4.83. The van der Waals surface area contributed by atoms with Crippen LogP contribution in [0.4, 0.5) is 4.39 Å². The van der Waals surface area contributed by atoms with Gasteiger partial charge in [-0.1, -0.05) is 23.4 Å². The fraction of sp³-hybridized carbons (Fsp3) is 0.125. The van der Waals surface area contributed by atoms with Gasteiger partial charge in [0, 0.05) is 6.20 Å². The molecule has 0 bridgehead atoms. The van der Waals surface area contributed by atoms with Crippen LogP contribution in [0.1, 0.15) is 21.7 Å². The molecule has 3 aromatic rings. The normalized spacial score (nSPS) is 10.5. The second kappa shape index (κ2) is 6.78. The quantitative estimate of drug-likeness (QED) is 0.676. The minimum absolute atomic E-state index is 0.0478. The smallest absolute Gasteiger partial charge is 0.360 e. The first-order valence-corrected chi connectivity index (χ1v) is 6.92. The molecule has 0 spiro atoms. The molecule has 0 radical (unpaired) electrons. The van der Waals surface area contributed by atoms with E-state index in [9.17, 15) is 9.18 Å². The number of hydrogen-bond acceptors (Lipinski definition) is 5. The third kappa shape index (κ3) is 3.97. The highest BCUT2D eigenvalue weighted by Crippen LogP contribution is 2.06. The molecule has 2 heterocycles. The number of pyridine rings is 1. The van der Waals surface area contributed by atoms with E-state index < -0.39 is 5.97 Å². The first-order chi connectivity index (χ1) is 11.2. The lowest BCUT2D eigenvalue weighted by Crippen LogP contribution is -2.06. The SMILES string of the molecule is O=C(OCc1ccc(F)cc1)c1cn(Cc2ccccn2)nn1. The largest absolute Gasteiger partial charge is 0.456 e. The molecule has 0 saturated heterocycles. The van der Waals surface area contributed by atoms with Crippen molar-refractivity contribution in [3.05, 3.63) is 77.6 Å². The van der Waals surface area contributed by atoms with Crippen LogP contribution in [0, 0.1) is 5.82 Å². The zero-order valence-electron chi connectivity index (χ0n) is 12.1. The molecular formula is C16H13FN4O2. The van der Waals surface area contributed by atoms with Gasteiger partial charge in [-0.2, -0.15) is 0 Å². The molecule has 0 fully saturated rings. The van der Waals surface area contributed by atoms with Crippen molar-refractivity contribution in [2.45, 2.75) is 13.2 Å². The Morgan fingerprint density at radius 1 is 1.17 bits per heavy atom. The van der Waals surface area contributed by atoms with Gasteiger partial charge in [-0.3, -0.25) is 4.98 Å². The lowest BCUT2D eigenvalue weighted by atomic mass is 10.2. The molecule has 3 rings (SSSR count). The molecule has 0 saturated carbocycles. The number of halogens is 1. The van der Waals surface area contributed by atoms with Gasteiger partial charge in [0.05, 0.1) is 18.4 Å². The monoisotopic (exact) mass is 312 g/mol. The molecule has 0 aliphatic heterocycles. The zero-order chi connectivity index (χ0) is 16.1. The summed E-state index contributed by atoms with van der Waals surface area (Å²) in [4.78, 5) is 16.1. The van der Waals surface area contributed by atoms with E-state index in [0.29, 0.717) is 12.1 Å². The van der Waals surface area contributed by atoms with E-state index in [0.717, 1.165) is 5.69 Å². The van der Waals surface area contributed by atoms with Crippen LogP contribution in [0.25, 0.3) is 0 Å². The van der Waals surface area contributed by atoms with Crippen LogP contribution in [-0.4, -0.2) is 25.9 Å². The number of rotatable bonds is 5. The minimum atomic E-state index is -0.582. The Morgan fingerprint density at radius 3 is 2.74 bits per heavy atom. The van der Waals surface area contributed by atoms with E-state index in [2.05, 4.69) is 15.3 Å². The van der Waals surface area contributed by atoms with E-state index in [1.54, 1.807) is 18.3 Å². The maximum atomic E-state index is 12.8. The van der Waals surface area contributed by atoms with E-state index >= 15 is 0 Å². The minimum Gasteiger partial charge on any atom is -0.456 e. The van der Waals surface area contributed by atoms with Gasteiger partial charge in [0.25, 0.3) is 0 Å². The first kappa shape index (κ1) is 14.8. The van der Waals surface area contributed by atoms with Crippen LogP contribution in [0.15, 0.2) is 54.9 Å². The van der Waals surface area contributed by atoms with Crippen molar-refractivity contribution in [1.29, 1.82) is 0 Å². The van der Waals surface area contributed by atoms with Crippen molar-refractivity contribution in [2.75, 3.05) is 0 Å². The summed E-state index contributed by atoms with van der Waals surface area (Å²) in [5.41, 5.74) is 1.62. The van der Waals surface area contributed by atoms with Crippen LogP contribution < -0.4 is 0 Å². The molecule has 0 atom stereocenters. The topological polar surface area (TPSA) is 69.9 Å². The number of carbonyl (C=O) groups excluding carboxylic acids is 1. The maximum absolute atomic E-state index is 12.8. The Kier molecular flexibility index (Phi) is 4.37. The van der Waals surface area contributed by atoms with Crippen LogP contribution in [0.5, 0.6) is 0 Å². The molecule has 2 aromatic heterocycles. The zero-order valence-corrected chi connectivity index (χ0v) is 12.1. The van der Waals surface area contributed by atoms with E-state index in [4.69, 9.17) is 4.74 Å². The summed E-state index contributed by atoms with van der Waals surface area (Å²) in [7, 11) is 0. The third-order valence-corrected chi connectivity index (χ3v) is 3.08. The fourth-order valence-corrected chi connectivity index (χ4v) is 1.93. The van der Waals surface area contributed by atoms with Gasteiger partial charge in [0.15, 0.2) is 5.69 Å². The molecule has 7 heteroatoms. The Bertz CT molecular complexity index is 787. The molecular weight excluding hydrogens is 299 g/mol. The van der Waals surface area contributed by atoms with Crippen LogP contribution in [0.3, 0.4) is 0 Å². The fourth-order valence-electron chi connectivity index (χ4n) is 1.93. The number of benzene rings is 1. The molecule has 1 aromatic carbocycles. The Labute approximate surface area is 131 Å². The molecule has 0 aliphatic carbocycles. The Balaban J connectivity index is 1.59. The van der Waals surface area contributed by atoms with Gasteiger partial charge in [-0.15, -0.1) is 5.10 Å². The van der Waals surface area contributed by atoms with E-state index in [-0.39, 0.29) is 18.1 Å². The average Bonchev–Trinajstić information content (AvgIpc) is 3.03. The number of hydrogen-bond donors (Lipinski definition) is 0. The molecule has 0 amide bonds. The van der Waals surface area contributed by atoms with Crippen molar-refractivity contribution >= 4 is 5.97 Å². The highest BCUT2D eigenvalue weighted by molar-refractivity contribution is 5.86. The Hall–Kier alpha value is -3.09. The van der Waals surface area contributed by atoms with E-state index in [1.807, 2.05) is 18.2 Å². The molecule has 0 aliphatic rings. The molecule has 0 N–H and O–H groups in total. The molecule has 6 nitrogen and oxygen atoms in total. The first-order valence-electron chi connectivity index (χ1n) is 6.92. The summed E-state index contributed by atoms with van der Waals surface area (Å²) < 4.78 is 19.4. The predicted molar refractivity (Wildman–Crippen MR) is 78.9 cm³/mol. The van der Waals surface area contributed by atoms with Gasteiger partial charge in [-0.25, -0.2) is 13.9 Å². The summed E-state index contributed by atoms with van der Waals surface area (Å²) in [6, 6.07) is 11.3. The summed E-state index contributed by atoms with van der Waals surface area (Å²) in [6.45, 7) is 0.464. The molecule has 0 unspecified atom stereocenters. The molecule has 23 heavy (non-hydrogen) atoms. The van der Waals surface area contributed by atoms with Crippen molar-refractivity contribution in [3.8, 4) is 0 Å². The van der Waals surface area contributed by atoms with Crippen molar-refractivity contribution in [2.24, 2.45) is 0 Å². The number of carbonyl (C=O) groups is 1. The van der Waals surface area contributed by atoms with Crippen molar-refractivity contribution in [3.63, 3.8) is 0 Å². The maximum Gasteiger partial charge on any atom is 0.360 e. The van der Waals surface area contributed by atoms with Crippen LogP contribution in [0.2, 0.25) is 0 Å². The van der Waals surface area contributed by atoms with Gasteiger partial charge in [0.1, 0.15) is 12.4 Å². The van der Waals surface area contributed by atoms with Gasteiger partial charge in [0.2, 0.25) is 0 Å². The molecule has 116 valence electrons. The summed E-state index contributed by atoms with van der Waals surface area (Å²) in [6.07, 6.45) is 3.19. The number of esters is 1. The number of aromatic nitrogens is 4. The van der Waals surface area contributed by atoms with Gasteiger partial charge in [-0.05, 0) is 29.8 Å². The second-order valence-corrected chi connectivity index (χ2v) is 4.83. The lowest BCUT2D eigenvalue weighted by molar-refractivity contribution is 0.0465. The van der Waals surface area contributed by atoms with Crippen molar-refractivity contribution < 1.29 is 13.9 Å². The summed E-state index contributed by atoms with van der Waals surface area (Å²) in [5, 5.41) is 7.66.